The lowest BCUT2D eigenvalue weighted by atomic mass is 10.0. The highest BCUT2D eigenvalue weighted by molar-refractivity contribution is 5.79. The van der Waals surface area contributed by atoms with Gasteiger partial charge in [-0.25, -0.2) is 4.98 Å². The second-order valence-electron chi connectivity index (χ2n) is 6.70. The molecular weight excluding hydrogens is 371 g/mol. The van der Waals surface area contributed by atoms with Crippen LogP contribution in [0.5, 0.6) is 0 Å². The van der Waals surface area contributed by atoms with E-state index in [9.17, 15) is 22.8 Å². The summed E-state index contributed by atoms with van der Waals surface area (Å²) >= 11 is 0. The SMILES string of the molecule is CC(=O)N1CCc2c(c(=O)c3cccnc3n2-c2cccc(C(F)(F)F)c2)C1. The molecule has 3 aromatic rings. The number of carbonyl (C=O) groups excluding carboxylic acids is 1. The summed E-state index contributed by atoms with van der Waals surface area (Å²) in [6.45, 7) is 1.95. The Labute approximate surface area is 158 Å². The van der Waals surface area contributed by atoms with Crippen LogP contribution in [0, 0.1) is 0 Å². The molecule has 1 aliphatic rings. The fourth-order valence-corrected chi connectivity index (χ4v) is 3.61. The van der Waals surface area contributed by atoms with Crippen LogP contribution in [0.3, 0.4) is 0 Å². The van der Waals surface area contributed by atoms with Gasteiger partial charge in [-0.1, -0.05) is 6.07 Å². The number of rotatable bonds is 1. The summed E-state index contributed by atoms with van der Waals surface area (Å²) in [6.07, 6.45) is -2.63. The number of halogens is 3. The molecule has 0 aliphatic carbocycles. The smallest absolute Gasteiger partial charge is 0.338 e. The number of pyridine rings is 2. The number of carbonyl (C=O) groups is 1. The normalized spacial score (nSPS) is 14.2. The average molecular weight is 387 g/mol. The van der Waals surface area contributed by atoms with Crippen LogP contribution in [0.15, 0.2) is 47.4 Å². The first-order valence-electron chi connectivity index (χ1n) is 8.72. The van der Waals surface area contributed by atoms with E-state index in [-0.39, 0.29) is 23.6 Å². The molecule has 1 aromatic carbocycles. The molecule has 3 heterocycles. The van der Waals surface area contributed by atoms with Crippen LogP contribution < -0.4 is 5.43 Å². The fraction of sp³-hybridized carbons (Fsp3) is 0.250. The molecule has 0 atom stereocenters. The van der Waals surface area contributed by atoms with Crippen molar-refractivity contribution in [3.8, 4) is 5.69 Å². The Kier molecular flexibility index (Phi) is 4.21. The number of hydrogen-bond donors (Lipinski definition) is 0. The summed E-state index contributed by atoms with van der Waals surface area (Å²) in [6, 6.07) is 8.16. The summed E-state index contributed by atoms with van der Waals surface area (Å²) < 4.78 is 41.3. The molecule has 0 bridgehead atoms. The molecule has 0 saturated carbocycles. The van der Waals surface area contributed by atoms with Crippen LogP contribution in [-0.2, 0) is 23.9 Å². The number of nitrogens with zero attached hydrogens (tertiary/aromatic N) is 3. The monoisotopic (exact) mass is 387 g/mol. The van der Waals surface area contributed by atoms with Gasteiger partial charge in [0.2, 0.25) is 5.91 Å². The van der Waals surface area contributed by atoms with Gasteiger partial charge in [0.25, 0.3) is 0 Å². The van der Waals surface area contributed by atoms with E-state index in [1.165, 1.54) is 19.2 Å². The van der Waals surface area contributed by atoms with Gasteiger partial charge in [-0.15, -0.1) is 0 Å². The van der Waals surface area contributed by atoms with Crippen LogP contribution in [0.4, 0.5) is 13.2 Å². The maximum absolute atomic E-state index is 13.2. The van der Waals surface area contributed by atoms with Crippen molar-refractivity contribution in [2.45, 2.75) is 26.1 Å². The minimum atomic E-state index is -4.48. The zero-order chi connectivity index (χ0) is 20.1. The molecule has 0 fully saturated rings. The largest absolute Gasteiger partial charge is 0.416 e. The lowest BCUT2D eigenvalue weighted by Crippen LogP contribution is -2.39. The second kappa shape index (κ2) is 6.47. The maximum atomic E-state index is 13.2. The lowest BCUT2D eigenvalue weighted by molar-refractivity contribution is -0.137. The number of alkyl halides is 3. The van der Waals surface area contributed by atoms with Gasteiger partial charge in [-0.2, -0.15) is 13.2 Å². The molecule has 4 rings (SSSR count). The topological polar surface area (TPSA) is 55.2 Å². The first kappa shape index (κ1) is 18.2. The fourth-order valence-electron chi connectivity index (χ4n) is 3.61. The van der Waals surface area contributed by atoms with Gasteiger partial charge in [0, 0.05) is 43.0 Å². The summed E-state index contributed by atoms with van der Waals surface area (Å²) in [5.41, 5.74) is 0.579. The predicted octanol–water partition coefficient (Wildman–Crippen LogP) is 3.31. The molecule has 1 amide bonds. The van der Waals surface area contributed by atoms with Gasteiger partial charge >= 0.3 is 6.18 Å². The third-order valence-electron chi connectivity index (χ3n) is 4.98. The number of benzene rings is 1. The number of hydrogen-bond acceptors (Lipinski definition) is 3. The summed E-state index contributed by atoms with van der Waals surface area (Å²) in [5, 5.41) is 0.309. The van der Waals surface area contributed by atoms with Crippen LogP contribution in [0.25, 0.3) is 16.7 Å². The molecule has 0 saturated heterocycles. The lowest BCUT2D eigenvalue weighted by Gasteiger charge is -2.30. The van der Waals surface area contributed by atoms with E-state index in [0.717, 1.165) is 12.1 Å². The molecule has 28 heavy (non-hydrogen) atoms. The van der Waals surface area contributed by atoms with Crippen molar-refractivity contribution in [3.05, 3.63) is 69.6 Å². The average Bonchev–Trinajstić information content (AvgIpc) is 2.67. The minimum Gasteiger partial charge on any atom is -0.338 e. The van der Waals surface area contributed by atoms with Crippen molar-refractivity contribution in [2.24, 2.45) is 0 Å². The van der Waals surface area contributed by atoms with Gasteiger partial charge < -0.3 is 4.90 Å². The van der Waals surface area contributed by atoms with Gasteiger partial charge in [0.05, 0.1) is 17.5 Å². The first-order valence-corrected chi connectivity index (χ1v) is 8.72. The molecule has 0 unspecified atom stereocenters. The van der Waals surface area contributed by atoms with E-state index in [2.05, 4.69) is 4.98 Å². The molecule has 0 N–H and O–H groups in total. The highest BCUT2D eigenvalue weighted by atomic mass is 19.4. The van der Waals surface area contributed by atoms with Gasteiger partial charge in [-0.05, 0) is 30.3 Å². The Hall–Kier alpha value is -3.16. The Balaban J connectivity index is 2.03. The van der Waals surface area contributed by atoms with Crippen molar-refractivity contribution >= 4 is 16.9 Å². The highest BCUT2D eigenvalue weighted by Crippen LogP contribution is 2.32. The van der Waals surface area contributed by atoms with E-state index in [1.807, 2.05) is 0 Å². The number of fused-ring (bicyclic) bond motifs is 2. The maximum Gasteiger partial charge on any atom is 0.416 e. The summed E-state index contributed by atoms with van der Waals surface area (Å²) in [4.78, 5) is 30.6. The van der Waals surface area contributed by atoms with Gasteiger partial charge in [0.15, 0.2) is 5.43 Å². The number of aromatic nitrogens is 2. The highest BCUT2D eigenvalue weighted by Gasteiger charge is 2.31. The number of amides is 1. The third kappa shape index (κ3) is 2.94. The molecule has 8 heteroatoms. The van der Waals surface area contributed by atoms with Crippen LogP contribution >= 0.6 is 0 Å². The third-order valence-corrected chi connectivity index (χ3v) is 4.98. The predicted molar refractivity (Wildman–Crippen MR) is 97.1 cm³/mol. The zero-order valence-corrected chi connectivity index (χ0v) is 15.0. The Bertz CT molecular complexity index is 1150. The van der Waals surface area contributed by atoms with Crippen LogP contribution in [-0.4, -0.2) is 26.9 Å². The zero-order valence-electron chi connectivity index (χ0n) is 15.0. The van der Waals surface area contributed by atoms with Crippen molar-refractivity contribution in [3.63, 3.8) is 0 Å². The van der Waals surface area contributed by atoms with Crippen molar-refractivity contribution in [2.75, 3.05) is 6.54 Å². The first-order chi connectivity index (χ1) is 13.3. The van der Waals surface area contributed by atoms with Crippen LogP contribution in [0.2, 0.25) is 0 Å². The Morgan fingerprint density at radius 2 is 1.96 bits per heavy atom. The van der Waals surface area contributed by atoms with E-state index in [1.54, 1.807) is 27.7 Å². The Morgan fingerprint density at radius 3 is 2.68 bits per heavy atom. The van der Waals surface area contributed by atoms with E-state index < -0.39 is 11.7 Å². The van der Waals surface area contributed by atoms with E-state index >= 15 is 0 Å². The van der Waals surface area contributed by atoms with Gasteiger partial charge in [0.1, 0.15) is 5.65 Å². The standard InChI is InChI=1S/C20H16F3N3O2/c1-12(27)25-9-7-17-16(11-25)18(28)15-6-3-8-24-19(15)26(17)14-5-2-4-13(10-14)20(21,22)23/h2-6,8,10H,7,9,11H2,1H3. The molecule has 2 aromatic heterocycles. The quantitative estimate of drug-likeness (QED) is 0.644. The molecule has 5 nitrogen and oxygen atoms in total. The molecule has 0 radical (unpaired) electrons. The molecule has 144 valence electrons. The van der Waals surface area contributed by atoms with E-state index in [0.29, 0.717) is 35.3 Å². The van der Waals surface area contributed by atoms with Crippen molar-refractivity contribution in [1.29, 1.82) is 0 Å². The minimum absolute atomic E-state index is 0.132. The summed E-state index contributed by atoms with van der Waals surface area (Å²) in [5.74, 6) is -0.151. The second-order valence-corrected chi connectivity index (χ2v) is 6.70. The Morgan fingerprint density at radius 1 is 1.18 bits per heavy atom. The molecular formula is C20H16F3N3O2. The van der Waals surface area contributed by atoms with Crippen molar-refractivity contribution in [1.82, 2.24) is 14.5 Å². The van der Waals surface area contributed by atoms with Gasteiger partial charge in [-0.3, -0.25) is 14.2 Å². The van der Waals surface area contributed by atoms with Crippen molar-refractivity contribution < 1.29 is 18.0 Å². The van der Waals surface area contributed by atoms with Crippen LogP contribution in [0.1, 0.15) is 23.7 Å². The molecule has 0 spiro atoms. The molecule has 1 aliphatic heterocycles. The summed E-state index contributed by atoms with van der Waals surface area (Å²) in [7, 11) is 0. The van der Waals surface area contributed by atoms with E-state index in [4.69, 9.17) is 0 Å².